The summed E-state index contributed by atoms with van der Waals surface area (Å²) in [6, 6.07) is 4.78. The molecular formula is C23H29N3O5. The molecule has 8 heteroatoms. The molecule has 166 valence electrons. The Morgan fingerprint density at radius 1 is 1.19 bits per heavy atom. The Labute approximate surface area is 181 Å². The summed E-state index contributed by atoms with van der Waals surface area (Å²) in [5, 5.41) is 5.10. The number of amides is 4. The molecule has 0 bridgehead atoms. The summed E-state index contributed by atoms with van der Waals surface area (Å²) in [7, 11) is 0. The summed E-state index contributed by atoms with van der Waals surface area (Å²) in [5.41, 5.74) is 2.55. The fourth-order valence-electron chi connectivity index (χ4n) is 4.60. The Hall–Kier alpha value is -2.90. The first-order chi connectivity index (χ1) is 14.7. The average Bonchev–Trinajstić information content (AvgIpc) is 3.04. The Bertz CT molecular complexity index is 916. The topological polar surface area (TPSA) is 105 Å². The van der Waals surface area contributed by atoms with E-state index in [1.54, 1.807) is 12.1 Å². The maximum Gasteiger partial charge on any atom is 0.407 e. The van der Waals surface area contributed by atoms with Gasteiger partial charge >= 0.3 is 6.09 Å². The molecule has 2 aliphatic heterocycles. The quantitative estimate of drug-likeness (QED) is 0.719. The highest BCUT2D eigenvalue weighted by Gasteiger charge is 2.39. The molecule has 4 amide bonds. The number of rotatable bonds is 4. The Morgan fingerprint density at radius 3 is 2.65 bits per heavy atom. The van der Waals surface area contributed by atoms with Gasteiger partial charge in [0, 0.05) is 25.1 Å². The number of hydrogen-bond acceptors (Lipinski definition) is 5. The highest BCUT2D eigenvalue weighted by atomic mass is 16.6. The molecule has 1 atom stereocenters. The monoisotopic (exact) mass is 427 g/mol. The molecule has 1 saturated carbocycles. The molecule has 3 aliphatic rings. The van der Waals surface area contributed by atoms with Crippen molar-refractivity contribution in [3.8, 4) is 0 Å². The number of benzene rings is 1. The van der Waals surface area contributed by atoms with Gasteiger partial charge in [0.15, 0.2) is 0 Å². The first kappa shape index (κ1) is 21.3. The third-order valence-electron chi connectivity index (χ3n) is 6.58. The summed E-state index contributed by atoms with van der Waals surface area (Å²) < 4.78 is 5.55. The van der Waals surface area contributed by atoms with Crippen LogP contribution in [0.1, 0.15) is 73.9 Å². The molecule has 1 saturated heterocycles. The number of carbonyl (C=O) groups is 4. The van der Waals surface area contributed by atoms with E-state index in [4.69, 9.17) is 4.74 Å². The van der Waals surface area contributed by atoms with Gasteiger partial charge in [-0.3, -0.25) is 19.7 Å². The van der Waals surface area contributed by atoms with Crippen LogP contribution in [0.25, 0.3) is 0 Å². The van der Waals surface area contributed by atoms with Crippen molar-refractivity contribution < 1.29 is 23.9 Å². The summed E-state index contributed by atoms with van der Waals surface area (Å²) >= 11 is 0. The van der Waals surface area contributed by atoms with E-state index in [9.17, 15) is 19.2 Å². The minimum Gasteiger partial charge on any atom is -0.446 e. The molecule has 4 rings (SSSR count). The third kappa shape index (κ3) is 4.73. The number of alkyl carbamates (subject to hydrolysis) is 1. The van der Waals surface area contributed by atoms with Crippen LogP contribution in [0.5, 0.6) is 0 Å². The Kier molecular flexibility index (Phi) is 5.73. The predicted molar refractivity (Wildman–Crippen MR) is 112 cm³/mol. The Morgan fingerprint density at radius 2 is 1.94 bits per heavy atom. The number of piperidine rings is 1. The maximum absolute atomic E-state index is 12.7. The molecule has 0 spiro atoms. The van der Waals surface area contributed by atoms with Gasteiger partial charge in [-0.1, -0.05) is 26.0 Å². The molecule has 1 aromatic rings. The minimum absolute atomic E-state index is 0.0345. The molecule has 0 radical (unpaired) electrons. The van der Waals surface area contributed by atoms with Crippen molar-refractivity contribution in [2.24, 2.45) is 5.41 Å². The van der Waals surface area contributed by atoms with Crippen molar-refractivity contribution in [3.05, 3.63) is 34.9 Å². The van der Waals surface area contributed by atoms with Gasteiger partial charge in [-0.05, 0) is 54.7 Å². The molecular weight excluding hydrogens is 398 g/mol. The largest absolute Gasteiger partial charge is 0.446 e. The van der Waals surface area contributed by atoms with E-state index in [-0.39, 0.29) is 24.3 Å². The minimum atomic E-state index is -0.630. The third-order valence-corrected chi connectivity index (χ3v) is 6.58. The van der Waals surface area contributed by atoms with Crippen LogP contribution in [-0.4, -0.2) is 40.9 Å². The fourth-order valence-corrected chi connectivity index (χ4v) is 4.60. The van der Waals surface area contributed by atoms with Crippen LogP contribution >= 0.6 is 0 Å². The maximum atomic E-state index is 12.7. The first-order valence-corrected chi connectivity index (χ1v) is 10.9. The van der Waals surface area contributed by atoms with Crippen molar-refractivity contribution in [1.82, 2.24) is 15.5 Å². The molecule has 1 unspecified atom stereocenters. The highest BCUT2D eigenvalue weighted by Crippen LogP contribution is 2.36. The highest BCUT2D eigenvalue weighted by molar-refractivity contribution is 6.05. The number of ether oxygens (including phenoxy) is 1. The number of hydrogen-bond donors (Lipinski definition) is 2. The average molecular weight is 428 g/mol. The van der Waals surface area contributed by atoms with Gasteiger partial charge in [-0.2, -0.15) is 0 Å². The standard InChI is InChI=1S/C23H29N3O5/c1-23(2)9-7-16(8-10-23)31-22(30)24-12-14-3-4-17-15(11-14)13-26(21(17)29)18-5-6-19(27)25-20(18)28/h3-4,11,16,18H,5-10,12-13H2,1-2H3,(H,24,30)(H,25,27,28). The lowest BCUT2D eigenvalue weighted by Gasteiger charge is -2.33. The van der Waals surface area contributed by atoms with Crippen LogP contribution in [0.3, 0.4) is 0 Å². The second-order valence-electron chi connectivity index (χ2n) is 9.51. The van der Waals surface area contributed by atoms with Gasteiger partial charge in [0.05, 0.1) is 0 Å². The van der Waals surface area contributed by atoms with Crippen LogP contribution in [0.4, 0.5) is 4.79 Å². The van der Waals surface area contributed by atoms with Crippen molar-refractivity contribution in [2.75, 3.05) is 0 Å². The second kappa shape index (κ2) is 8.32. The van der Waals surface area contributed by atoms with E-state index in [0.717, 1.165) is 36.8 Å². The zero-order chi connectivity index (χ0) is 22.2. The predicted octanol–water partition coefficient (Wildman–Crippen LogP) is 2.64. The van der Waals surface area contributed by atoms with Crippen LogP contribution in [0, 0.1) is 5.41 Å². The molecule has 1 aromatic carbocycles. The van der Waals surface area contributed by atoms with Gasteiger partial charge in [0.2, 0.25) is 11.8 Å². The molecule has 2 N–H and O–H groups in total. The molecule has 1 aliphatic carbocycles. The Balaban J connectivity index is 1.32. The van der Waals surface area contributed by atoms with Gasteiger partial charge < -0.3 is 15.0 Å². The smallest absolute Gasteiger partial charge is 0.407 e. The van der Waals surface area contributed by atoms with Crippen molar-refractivity contribution in [1.29, 1.82) is 0 Å². The van der Waals surface area contributed by atoms with E-state index in [1.165, 1.54) is 4.90 Å². The van der Waals surface area contributed by atoms with E-state index in [1.807, 2.05) is 6.07 Å². The van der Waals surface area contributed by atoms with E-state index >= 15 is 0 Å². The number of carbonyl (C=O) groups excluding carboxylic acids is 4. The van der Waals surface area contributed by atoms with Crippen LogP contribution in [-0.2, 0) is 27.4 Å². The normalized spacial score (nSPS) is 23.4. The molecule has 2 heterocycles. The van der Waals surface area contributed by atoms with Crippen LogP contribution < -0.4 is 10.6 Å². The molecule has 8 nitrogen and oxygen atoms in total. The van der Waals surface area contributed by atoms with Gasteiger partial charge in [0.25, 0.3) is 5.91 Å². The first-order valence-electron chi connectivity index (χ1n) is 10.9. The SMILES string of the molecule is CC1(C)CCC(OC(=O)NCc2ccc3c(c2)CN(C2CCC(=O)NC2=O)C3=O)CC1. The van der Waals surface area contributed by atoms with Crippen molar-refractivity contribution in [3.63, 3.8) is 0 Å². The van der Waals surface area contributed by atoms with E-state index in [0.29, 0.717) is 30.5 Å². The van der Waals surface area contributed by atoms with Crippen LogP contribution in [0.15, 0.2) is 18.2 Å². The van der Waals surface area contributed by atoms with Crippen molar-refractivity contribution in [2.45, 2.75) is 77.6 Å². The lowest BCUT2D eigenvalue weighted by molar-refractivity contribution is -0.136. The van der Waals surface area contributed by atoms with Crippen molar-refractivity contribution >= 4 is 23.8 Å². The summed E-state index contributed by atoms with van der Waals surface area (Å²) in [4.78, 5) is 50.0. The lowest BCUT2D eigenvalue weighted by atomic mass is 9.76. The number of nitrogens with zero attached hydrogens (tertiary/aromatic N) is 1. The fraction of sp³-hybridized carbons (Fsp3) is 0.565. The molecule has 2 fully saturated rings. The van der Waals surface area contributed by atoms with Crippen LogP contribution in [0.2, 0.25) is 0 Å². The number of imide groups is 1. The van der Waals surface area contributed by atoms with Gasteiger partial charge in [0.1, 0.15) is 12.1 Å². The van der Waals surface area contributed by atoms with E-state index in [2.05, 4.69) is 24.5 Å². The lowest BCUT2D eigenvalue weighted by Crippen LogP contribution is -2.52. The summed E-state index contributed by atoms with van der Waals surface area (Å²) in [6.45, 7) is 5.10. The summed E-state index contributed by atoms with van der Waals surface area (Å²) in [5.74, 6) is -0.931. The summed E-state index contributed by atoms with van der Waals surface area (Å²) in [6.07, 6.45) is 3.98. The second-order valence-corrected chi connectivity index (χ2v) is 9.51. The zero-order valence-corrected chi connectivity index (χ0v) is 18.0. The zero-order valence-electron chi connectivity index (χ0n) is 18.0. The molecule has 31 heavy (non-hydrogen) atoms. The van der Waals surface area contributed by atoms with E-state index < -0.39 is 18.0 Å². The molecule has 0 aromatic heterocycles. The van der Waals surface area contributed by atoms with Gasteiger partial charge in [-0.25, -0.2) is 4.79 Å². The number of nitrogens with one attached hydrogen (secondary N) is 2. The number of fused-ring (bicyclic) bond motifs is 1. The van der Waals surface area contributed by atoms with Gasteiger partial charge in [-0.15, -0.1) is 0 Å².